The Balaban J connectivity index is 1.94. The third-order valence-corrected chi connectivity index (χ3v) is 6.96. The number of piperidine rings is 1. The number of benzene rings is 1. The number of carbonyl (C=O) groups excluding carboxylic acids is 1. The third kappa shape index (κ3) is 5.91. The highest BCUT2D eigenvalue weighted by Crippen LogP contribution is 2.32. The topological polar surface area (TPSA) is 92.3 Å². The number of amides is 1. The summed E-state index contributed by atoms with van der Waals surface area (Å²) in [7, 11) is 0. The molecule has 180 valence electrons. The molecule has 1 fully saturated rings. The Morgan fingerprint density at radius 3 is 2.24 bits per heavy atom. The van der Waals surface area contributed by atoms with E-state index in [0.717, 1.165) is 48.5 Å². The fourth-order valence-corrected chi connectivity index (χ4v) is 4.75. The first-order chi connectivity index (χ1) is 15.9. The second-order valence-corrected chi connectivity index (χ2v) is 9.25. The van der Waals surface area contributed by atoms with E-state index in [4.69, 9.17) is 15.7 Å². The minimum Gasteiger partial charge on any atom is -0.380 e. The van der Waals surface area contributed by atoms with Crippen LogP contribution in [-0.4, -0.2) is 39.7 Å². The van der Waals surface area contributed by atoms with Crippen LogP contribution in [0, 0.1) is 0 Å². The summed E-state index contributed by atoms with van der Waals surface area (Å²) in [6, 6.07) is 6.43. The van der Waals surface area contributed by atoms with E-state index in [2.05, 4.69) is 43.9 Å². The molecule has 1 aromatic heterocycles. The first-order valence-electron chi connectivity index (χ1n) is 12.7. The van der Waals surface area contributed by atoms with E-state index in [0.29, 0.717) is 25.9 Å². The molecule has 0 unspecified atom stereocenters. The van der Waals surface area contributed by atoms with Crippen molar-refractivity contribution >= 4 is 11.7 Å². The van der Waals surface area contributed by atoms with Gasteiger partial charge in [0.1, 0.15) is 11.4 Å². The van der Waals surface area contributed by atoms with Gasteiger partial charge in [-0.1, -0.05) is 64.7 Å². The van der Waals surface area contributed by atoms with Gasteiger partial charge in [-0.15, -0.1) is 0 Å². The van der Waals surface area contributed by atoms with Gasteiger partial charge < -0.3 is 15.7 Å². The molecule has 2 heterocycles. The Morgan fingerprint density at radius 2 is 1.67 bits per heavy atom. The van der Waals surface area contributed by atoms with E-state index >= 15 is 0 Å². The summed E-state index contributed by atoms with van der Waals surface area (Å²) >= 11 is 0. The van der Waals surface area contributed by atoms with E-state index < -0.39 is 11.5 Å². The normalized spacial score (nSPS) is 15.6. The fourth-order valence-electron chi connectivity index (χ4n) is 4.75. The lowest BCUT2D eigenvalue weighted by atomic mass is 9.90. The minimum atomic E-state index is -1.42. The number of aryl methyl sites for hydroxylation is 3. The van der Waals surface area contributed by atoms with Crippen molar-refractivity contribution in [1.29, 1.82) is 0 Å². The van der Waals surface area contributed by atoms with Crippen molar-refractivity contribution in [2.24, 2.45) is 5.73 Å². The van der Waals surface area contributed by atoms with Crippen LogP contribution in [0.25, 0.3) is 11.4 Å². The van der Waals surface area contributed by atoms with Gasteiger partial charge in [0.15, 0.2) is 5.82 Å². The molecule has 1 aliphatic rings. The maximum atomic E-state index is 11.7. The lowest BCUT2D eigenvalue weighted by molar-refractivity contribution is -0.138. The maximum Gasteiger partial charge on any atom is 0.249 e. The lowest BCUT2D eigenvalue weighted by Crippen LogP contribution is -2.52. The van der Waals surface area contributed by atoms with Gasteiger partial charge in [0.25, 0.3) is 0 Å². The molecule has 6 heteroatoms. The van der Waals surface area contributed by atoms with Gasteiger partial charge in [0.05, 0.1) is 0 Å². The quantitative estimate of drug-likeness (QED) is 0.486. The van der Waals surface area contributed by atoms with Crippen LogP contribution in [0.4, 0.5) is 5.82 Å². The van der Waals surface area contributed by atoms with Crippen molar-refractivity contribution in [3.05, 3.63) is 41.1 Å². The first-order valence-corrected chi connectivity index (χ1v) is 12.7. The average Bonchev–Trinajstić information content (AvgIpc) is 2.84. The van der Waals surface area contributed by atoms with Crippen LogP contribution < -0.4 is 10.6 Å². The first kappa shape index (κ1) is 25.2. The van der Waals surface area contributed by atoms with Crippen LogP contribution in [0.5, 0.6) is 0 Å². The molecule has 0 radical (unpaired) electrons. The van der Waals surface area contributed by atoms with Crippen LogP contribution in [0.2, 0.25) is 0 Å². The number of nitrogens with zero attached hydrogens (tertiary/aromatic N) is 3. The SMILES string of the molecule is CCCCCCCc1cnc(-c2c(CC)cccc2CC)nc1N1CCC(O)(C(N)=O)CC1. The predicted octanol–water partition coefficient (Wildman–Crippen LogP) is 4.60. The van der Waals surface area contributed by atoms with Gasteiger partial charge in [-0.05, 0) is 36.8 Å². The third-order valence-electron chi connectivity index (χ3n) is 6.96. The molecule has 2 aromatic rings. The van der Waals surface area contributed by atoms with E-state index in [1.807, 2.05) is 6.20 Å². The molecule has 6 nitrogen and oxygen atoms in total. The van der Waals surface area contributed by atoms with Gasteiger partial charge in [-0.2, -0.15) is 0 Å². The second-order valence-electron chi connectivity index (χ2n) is 9.25. The Kier molecular flexibility index (Phi) is 8.84. The molecule has 33 heavy (non-hydrogen) atoms. The maximum absolute atomic E-state index is 11.7. The molecule has 0 saturated carbocycles. The largest absolute Gasteiger partial charge is 0.380 e. The van der Waals surface area contributed by atoms with Crippen molar-refractivity contribution in [2.75, 3.05) is 18.0 Å². The van der Waals surface area contributed by atoms with Gasteiger partial charge in [-0.3, -0.25) is 4.79 Å². The van der Waals surface area contributed by atoms with Crippen molar-refractivity contribution in [3.63, 3.8) is 0 Å². The van der Waals surface area contributed by atoms with Crippen LogP contribution in [-0.2, 0) is 24.1 Å². The molecule has 3 N–H and O–H groups in total. The van der Waals surface area contributed by atoms with E-state index in [1.165, 1.54) is 36.8 Å². The molecule has 1 amide bonds. The average molecular weight is 453 g/mol. The Morgan fingerprint density at radius 1 is 1.03 bits per heavy atom. The number of hydrogen-bond donors (Lipinski definition) is 2. The Labute approximate surface area is 198 Å². The summed E-state index contributed by atoms with van der Waals surface area (Å²) < 4.78 is 0. The number of anilines is 1. The summed E-state index contributed by atoms with van der Waals surface area (Å²) in [6.07, 6.45) is 11.5. The van der Waals surface area contributed by atoms with E-state index in [1.54, 1.807) is 0 Å². The standard InChI is InChI=1S/C27H40N4O2/c1-4-7-8-9-10-12-22-19-29-24(23-20(5-2)13-11-14-21(23)6-3)30-25(22)31-17-15-27(33,16-18-31)26(28)32/h11,13-14,19,33H,4-10,12,15-18H2,1-3H3,(H2,28,32). The van der Waals surface area contributed by atoms with Crippen LogP contribution in [0.3, 0.4) is 0 Å². The second kappa shape index (κ2) is 11.6. The number of primary amides is 1. The zero-order chi connectivity index (χ0) is 23.8. The number of aromatic nitrogens is 2. The van der Waals surface area contributed by atoms with Crippen LogP contribution >= 0.6 is 0 Å². The molecule has 0 bridgehead atoms. The molecule has 1 aliphatic heterocycles. The fraction of sp³-hybridized carbons (Fsp3) is 0.593. The summed E-state index contributed by atoms with van der Waals surface area (Å²) in [4.78, 5) is 23.9. The zero-order valence-corrected chi connectivity index (χ0v) is 20.6. The number of unbranched alkanes of at least 4 members (excludes halogenated alkanes) is 4. The van der Waals surface area contributed by atoms with Crippen molar-refractivity contribution in [3.8, 4) is 11.4 Å². The molecule has 0 atom stereocenters. The van der Waals surface area contributed by atoms with Gasteiger partial charge in [0.2, 0.25) is 5.91 Å². The predicted molar refractivity (Wildman–Crippen MR) is 134 cm³/mol. The number of rotatable bonds is 11. The Bertz CT molecular complexity index is 913. The number of nitrogens with two attached hydrogens (primary N) is 1. The molecule has 1 saturated heterocycles. The summed E-state index contributed by atoms with van der Waals surface area (Å²) in [5, 5.41) is 10.5. The van der Waals surface area contributed by atoms with Gasteiger partial charge in [0, 0.05) is 43.3 Å². The summed E-state index contributed by atoms with van der Waals surface area (Å²) in [5.74, 6) is 1.07. The summed E-state index contributed by atoms with van der Waals surface area (Å²) in [5.41, 5.74) is 8.84. The molecule has 0 aliphatic carbocycles. The lowest BCUT2D eigenvalue weighted by Gasteiger charge is -2.37. The monoisotopic (exact) mass is 452 g/mol. The minimum absolute atomic E-state index is 0.323. The smallest absolute Gasteiger partial charge is 0.249 e. The highest BCUT2D eigenvalue weighted by atomic mass is 16.3. The zero-order valence-electron chi connectivity index (χ0n) is 20.6. The van der Waals surface area contributed by atoms with E-state index in [-0.39, 0.29) is 0 Å². The number of hydrogen-bond acceptors (Lipinski definition) is 5. The Hall–Kier alpha value is -2.47. The van der Waals surface area contributed by atoms with Gasteiger partial charge >= 0.3 is 0 Å². The van der Waals surface area contributed by atoms with Crippen molar-refractivity contribution in [2.45, 2.75) is 90.6 Å². The van der Waals surface area contributed by atoms with Gasteiger partial charge in [-0.25, -0.2) is 9.97 Å². The molecular formula is C27H40N4O2. The summed E-state index contributed by atoms with van der Waals surface area (Å²) in [6.45, 7) is 7.66. The highest BCUT2D eigenvalue weighted by molar-refractivity contribution is 5.83. The van der Waals surface area contributed by atoms with Crippen molar-refractivity contribution < 1.29 is 9.90 Å². The molecule has 1 aromatic carbocycles. The van der Waals surface area contributed by atoms with E-state index in [9.17, 15) is 9.90 Å². The highest BCUT2D eigenvalue weighted by Gasteiger charge is 2.38. The van der Waals surface area contributed by atoms with Crippen LogP contribution in [0.1, 0.15) is 82.4 Å². The van der Waals surface area contributed by atoms with Crippen LogP contribution in [0.15, 0.2) is 24.4 Å². The molecular weight excluding hydrogens is 412 g/mol. The number of aliphatic hydroxyl groups is 1. The number of carbonyl (C=O) groups is 1. The van der Waals surface area contributed by atoms with Crippen molar-refractivity contribution in [1.82, 2.24) is 9.97 Å². The molecule has 0 spiro atoms. The molecule has 3 rings (SSSR count).